The fraction of sp³-hybridized carbons (Fsp3) is 0.381. The van der Waals surface area contributed by atoms with Gasteiger partial charge in [0.25, 0.3) is 0 Å². The third kappa shape index (κ3) is 5.73. The summed E-state index contributed by atoms with van der Waals surface area (Å²) in [5, 5.41) is 2.89. The van der Waals surface area contributed by atoms with E-state index in [1.165, 1.54) is 0 Å². The maximum atomic E-state index is 12.6. The van der Waals surface area contributed by atoms with E-state index in [-0.39, 0.29) is 18.5 Å². The number of carbonyl (C=O) groups is 1. The summed E-state index contributed by atoms with van der Waals surface area (Å²) in [5.41, 5.74) is 3.63. The number of amides is 1. The van der Waals surface area contributed by atoms with Crippen molar-refractivity contribution < 1.29 is 17.9 Å². The Labute approximate surface area is 167 Å². The van der Waals surface area contributed by atoms with E-state index in [2.05, 4.69) is 11.4 Å². The van der Waals surface area contributed by atoms with Crippen molar-refractivity contribution in [2.45, 2.75) is 33.7 Å². The largest absolute Gasteiger partial charge is 0.494 e. The first-order valence-corrected chi connectivity index (χ1v) is 11.0. The molecule has 0 fully saturated rings. The lowest BCUT2D eigenvalue weighted by molar-refractivity contribution is -0.120. The van der Waals surface area contributed by atoms with Crippen LogP contribution in [0.2, 0.25) is 0 Å². The van der Waals surface area contributed by atoms with Crippen LogP contribution in [-0.4, -0.2) is 33.7 Å². The summed E-state index contributed by atoms with van der Waals surface area (Å²) in [4.78, 5) is 12.6. The highest BCUT2D eigenvalue weighted by Gasteiger charge is 2.22. The molecule has 0 aliphatic heterocycles. The van der Waals surface area contributed by atoms with Crippen molar-refractivity contribution in [2.24, 2.45) is 0 Å². The van der Waals surface area contributed by atoms with E-state index >= 15 is 0 Å². The minimum Gasteiger partial charge on any atom is -0.494 e. The van der Waals surface area contributed by atoms with Crippen LogP contribution in [0.5, 0.6) is 5.75 Å². The van der Waals surface area contributed by atoms with Crippen molar-refractivity contribution in [1.29, 1.82) is 0 Å². The molecule has 1 atom stereocenters. The van der Waals surface area contributed by atoms with Gasteiger partial charge in [0, 0.05) is 6.07 Å². The minimum atomic E-state index is -3.64. The van der Waals surface area contributed by atoms with Gasteiger partial charge in [-0.2, -0.15) is 0 Å². The average molecular weight is 405 g/mol. The van der Waals surface area contributed by atoms with Gasteiger partial charge in [0.2, 0.25) is 15.9 Å². The number of aryl methyl sites for hydroxylation is 2. The summed E-state index contributed by atoms with van der Waals surface area (Å²) in [7, 11) is -3.64. The fourth-order valence-electron chi connectivity index (χ4n) is 3.10. The van der Waals surface area contributed by atoms with E-state index in [1.807, 2.05) is 39.8 Å². The topological polar surface area (TPSA) is 75.7 Å². The molecular weight excluding hydrogens is 376 g/mol. The number of carbonyl (C=O) groups excluding carboxylic acids is 1. The van der Waals surface area contributed by atoms with Crippen molar-refractivity contribution >= 4 is 21.6 Å². The monoisotopic (exact) mass is 404 g/mol. The van der Waals surface area contributed by atoms with Crippen LogP contribution in [0.15, 0.2) is 42.5 Å². The molecule has 0 saturated heterocycles. The normalized spacial score (nSPS) is 12.3. The van der Waals surface area contributed by atoms with Crippen LogP contribution in [-0.2, 0) is 14.8 Å². The summed E-state index contributed by atoms with van der Waals surface area (Å²) in [6.45, 7) is 7.91. The Hall–Kier alpha value is -2.54. The Morgan fingerprint density at radius 2 is 1.89 bits per heavy atom. The molecule has 0 aromatic heterocycles. The number of rotatable bonds is 8. The molecule has 0 saturated carbocycles. The lowest BCUT2D eigenvalue weighted by Gasteiger charge is -2.24. The molecule has 1 unspecified atom stereocenters. The van der Waals surface area contributed by atoms with Crippen LogP contribution in [0.3, 0.4) is 0 Å². The van der Waals surface area contributed by atoms with Crippen LogP contribution < -0.4 is 14.4 Å². The van der Waals surface area contributed by atoms with Gasteiger partial charge < -0.3 is 10.1 Å². The maximum absolute atomic E-state index is 12.6. The molecular formula is C21H28N2O4S. The van der Waals surface area contributed by atoms with Gasteiger partial charge in [-0.05, 0) is 51.0 Å². The van der Waals surface area contributed by atoms with Gasteiger partial charge in [0.05, 0.1) is 24.6 Å². The molecule has 0 aliphatic rings. The number of hydrogen-bond donors (Lipinski definition) is 1. The second-order valence-corrected chi connectivity index (χ2v) is 8.76. The number of anilines is 1. The molecule has 1 amide bonds. The van der Waals surface area contributed by atoms with Crippen molar-refractivity contribution in [3.8, 4) is 5.75 Å². The number of nitrogens with zero attached hydrogens (tertiary/aromatic N) is 1. The molecule has 0 aliphatic carbocycles. The molecule has 0 radical (unpaired) electrons. The molecule has 0 heterocycles. The van der Waals surface area contributed by atoms with Crippen LogP contribution in [0.4, 0.5) is 5.69 Å². The zero-order valence-corrected chi connectivity index (χ0v) is 17.8. The molecule has 2 rings (SSSR count). The number of nitrogens with one attached hydrogen (secondary N) is 1. The van der Waals surface area contributed by atoms with Gasteiger partial charge >= 0.3 is 0 Å². The molecule has 0 bridgehead atoms. The second kappa shape index (κ2) is 9.10. The lowest BCUT2D eigenvalue weighted by Crippen LogP contribution is -2.41. The number of benzene rings is 2. The van der Waals surface area contributed by atoms with E-state index in [9.17, 15) is 13.2 Å². The highest BCUT2D eigenvalue weighted by molar-refractivity contribution is 7.92. The van der Waals surface area contributed by atoms with Gasteiger partial charge in [0.15, 0.2) is 0 Å². The predicted octanol–water partition coefficient (Wildman–Crippen LogP) is 3.35. The van der Waals surface area contributed by atoms with Gasteiger partial charge in [-0.15, -0.1) is 0 Å². The summed E-state index contributed by atoms with van der Waals surface area (Å²) in [6.07, 6.45) is 1.08. The maximum Gasteiger partial charge on any atom is 0.241 e. The Bertz CT molecular complexity index is 941. The summed E-state index contributed by atoms with van der Waals surface area (Å²) >= 11 is 0. The first-order valence-electron chi connectivity index (χ1n) is 9.19. The van der Waals surface area contributed by atoms with Crippen molar-refractivity contribution in [2.75, 3.05) is 23.7 Å². The van der Waals surface area contributed by atoms with E-state index in [0.29, 0.717) is 18.0 Å². The average Bonchev–Trinajstić information content (AvgIpc) is 2.59. The first-order chi connectivity index (χ1) is 13.1. The van der Waals surface area contributed by atoms with E-state index in [0.717, 1.165) is 27.3 Å². The minimum absolute atomic E-state index is 0.232. The van der Waals surface area contributed by atoms with Crippen LogP contribution in [0.25, 0.3) is 0 Å². The van der Waals surface area contributed by atoms with Gasteiger partial charge in [-0.25, -0.2) is 8.42 Å². The number of hydrogen-bond acceptors (Lipinski definition) is 4. The van der Waals surface area contributed by atoms with Gasteiger partial charge in [-0.1, -0.05) is 29.8 Å². The molecule has 6 nitrogen and oxygen atoms in total. The van der Waals surface area contributed by atoms with Crippen LogP contribution >= 0.6 is 0 Å². The first kappa shape index (κ1) is 21.8. The summed E-state index contributed by atoms with van der Waals surface area (Å²) in [5.74, 6) is 0.178. The van der Waals surface area contributed by atoms with Gasteiger partial charge in [0.1, 0.15) is 12.3 Å². The summed E-state index contributed by atoms with van der Waals surface area (Å²) < 4.78 is 31.1. The molecule has 7 heteroatoms. The smallest absolute Gasteiger partial charge is 0.241 e. The van der Waals surface area contributed by atoms with E-state index in [1.54, 1.807) is 24.3 Å². The van der Waals surface area contributed by atoms with Crippen molar-refractivity contribution in [3.05, 3.63) is 59.2 Å². The SMILES string of the molecule is CCOc1cccc(N(CC(=O)NC(C)c2ccc(C)cc2C)S(C)(=O)=O)c1. The fourth-order valence-corrected chi connectivity index (χ4v) is 3.95. The molecule has 1 N–H and O–H groups in total. The predicted molar refractivity (Wildman–Crippen MR) is 112 cm³/mol. The molecule has 2 aromatic rings. The molecule has 2 aromatic carbocycles. The van der Waals surface area contributed by atoms with E-state index in [4.69, 9.17) is 4.74 Å². The Morgan fingerprint density at radius 3 is 2.50 bits per heavy atom. The van der Waals surface area contributed by atoms with Crippen molar-refractivity contribution in [1.82, 2.24) is 5.32 Å². The quantitative estimate of drug-likeness (QED) is 0.732. The summed E-state index contributed by atoms with van der Waals surface area (Å²) in [6, 6.07) is 12.5. The third-order valence-corrected chi connectivity index (χ3v) is 5.51. The lowest BCUT2D eigenvalue weighted by atomic mass is 10.0. The number of ether oxygens (including phenoxy) is 1. The Kier molecular flexibility index (Phi) is 7.07. The zero-order valence-electron chi connectivity index (χ0n) is 17.0. The van der Waals surface area contributed by atoms with Crippen molar-refractivity contribution in [3.63, 3.8) is 0 Å². The molecule has 28 heavy (non-hydrogen) atoms. The van der Waals surface area contributed by atoms with Gasteiger partial charge in [-0.3, -0.25) is 9.10 Å². The van der Waals surface area contributed by atoms with Crippen LogP contribution in [0, 0.1) is 13.8 Å². The molecule has 0 spiro atoms. The Balaban J connectivity index is 2.18. The van der Waals surface area contributed by atoms with E-state index < -0.39 is 10.0 Å². The Morgan fingerprint density at radius 1 is 1.18 bits per heavy atom. The highest BCUT2D eigenvalue weighted by Crippen LogP contribution is 2.24. The zero-order chi connectivity index (χ0) is 20.9. The second-order valence-electron chi connectivity index (χ2n) is 6.85. The standard InChI is InChI=1S/C21H28N2O4S/c1-6-27-19-9-7-8-18(13-19)23(28(5,25)26)14-21(24)22-17(4)20-11-10-15(2)12-16(20)3/h7-13,17H,6,14H2,1-5H3,(H,22,24). The highest BCUT2D eigenvalue weighted by atomic mass is 32.2. The third-order valence-electron chi connectivity index (χ3n) is 4.37. The number of sulfonamides is 1. The van der Waals surface area contributed by atoms with Crippen LogP contribution in [0.1, 0.15) is 36.6 Å². The molecule has 152 valence electrons.